The smallest absolute Gasteiger partial charge is 0.275 e. The van der Waals surface area contributed by atoms with Crippen molar-refractivity contribution in [3.63, 3.8) is 0 Å². The normalized spacial score (nSPS) is 13.0. The van der Waals surface area contributed by atoms with E-state index >= 15 is 0 Å². The summed E-state index contributed by atoms with van der Waals surface area (Å²) in [5.74, 6) is -0.628. The summed E-state index contributed by atoms with van der Waals surface area (Å²) in [6.07, 6.45) is 3.56. The Hall–Kier alpha value is -5.00. The molecule has 0 saturated carbocycles. The third-order valence-corrected chi connectivity index (χ3v) is 10.4. The van der Waals surface area contributed by atoms with Gasteiger partial charge >= 0.3 is 0 Å². The number of halogens is 1. The van der Waals surface area contributed by atoms with E-state index in [9.17, 15) is 18.6 Å². The van der Waals surface area contributed by atoms with Crippen molar-refractivity contribution >= 4 is 51.1 Å². The van der Waals surface area contributed by atoms with Crippen molar-refractivity contribution in [2.24, 2.45) is 0 Å². The molecule has 5 aromatic rings. The zero-order valence-corrected chi connectivity index (χ0v) is 30.4. The van der Waals surface area contributed by atoms with Crippen LogP contribution in [-0.2, 0) is 17.5 Å². The third kappa shape index (κ3) is 7.69. The average molecular weight is 726 g/mol. The first kappa shape index (κ1) is 35.8. The maximum absolute atomic E-state index is 14.3. The second-order valence-electron chi connectivity index (χ2n) is 12.5. The number of nitrogens with zero attached hydrogens (tertiary/aromatic N) is 4. The fourth-order valence-electron chi connectivity index (χ4n) is 6.01. The molecule has 1 unspecified atom stereocenters. The Labute approximate surface area is 304 Å². The van der Waals surface area contributed by atoms with Crippen molar-refractivity contribution in [3.8, 4) is 11.4 Å². The number of rotatable bonds is 12. The van der Waals surface area contributed by atoms with Crippen LogP contribution in [0.3, 0.4) is 0 Å². The van der Waals surface area contributed by atoms with E-state index in [1.807, 2.05) is 54.6 Å². The SMILES string of the molecule is CCCCN(CCCC)C(=O)c1nn(-c2ccc(C(=O)NS(=O)c3ccc4ccccc4c3)cc2C(=O)N2COc3ccccc3C2)c(C)c1Cl. The molecule has 1 N–H and O–H groups in total. The maximum Gasteiger partial charge on any atom is 0.275 e. The predicted octanol–water partition coefficient (Wildman–Crippen LogP) is 7.47. The number of carbonyl (C=O) groups is 3. The van der Waals surface area contributed by atoms with Crippen LogP contribution in [0.5, 0.6) is 5.75 Å². The molecule has 1 aromatic heterocycles. The number of hydrogen-bond acceptors (Lipinski definition) is 6. The summed E-state index contributed by atoms with van der Waals surface area (Å²) in [7, 11) is -1.87. The molecule has 264 valence electrons. The average Bonchev–Trinajstić information content (AvgIpc) is 3.46. The summed E-state index contributed by atoms with van der Waals surface area (Å²) >= 11 is 6.80. The number of nitrogens with one attached hydrogen (secondary N) is 1. The number of carbonyl (C=O) groups excluding carboxylic acids is 3. The van der Waals surface area contributed by atoms with E-state index < -0.39 is 22.8 Å². The first-order valence-electron chi connectivity index (χ1n) is 17.1. The second kappa shape index (κ2) is 15.9. The Kier molecular flexibility index (Phi) is 11.2. The molecule has 0 bridgehead atoms. The van der Waals surface area contributed by atoms with Gasteiger partial charge < -0.3 is 14.5 Å². The van der Waals surface area contributed by atoms with Crippen LogP contribution in [0.15, 0.2) is 89.8 Å². The number of para-hydroxylation sites is 1. The van der Waals surface area contributed by atoms with Crippen LogP contribution >= 0.6 is 11.6 Å². The fraction of sp³-hybridized carbons (Fsp3) is 0.282. The van der Waals surface area contributed by atoms with Crippen molar-refractivity contribution in [1.29, 1.82) is 0 Å². The molecule has 0 radical (unpaired) electrons. The van der Waals surface area contributed by atoms with Crippen LogP contribution in [0.1, 0.15) is 82.0 Å². The molecule has 1 aliphatic rings. The Morgan fingerprint density at radius 1 is 0.922 bits per heavy atom. The molecule has 0 aliphatic carbocycles. The largest absolute Gasteiger partial charge is 0.473 e. The van der Waals surface area contributed by atoms with Crippen LogP contribution in [0.2, 0.25) is 5.02 Å². The van der Waals surface area contributed by atoms with Crippen molar-refractivity contribution < 1.29 is 23.3 Å². The van der Waals surface area contributed by atoms with E-state index in [0.29, 0.717) is 35.1 Å². The van der Waals surface area contributed by atoms with Crippen LogP contribution in [0, 0.1) is 6.92 Å². The standard InChI is InChI=1S/C39H40ClN5O5S/c1-4-6-20-43(21-7-5-2)39(48)36-35(40)26(3)45(41-36)33-19-17-29(23-32(33)38(47)44-24-30-14-10-11-15-34(30)50-25-44)37(46)42-51(49)31-18-16-27-12-8-9-13-28(27)22-31/h8-19,22-23H,4-7,20-21,24-25H2,1-3H3,(H,42,46). The number of ether oxygens (including phenoxy) is 1. The zero-order valence-electron chi connectivity index (χ0n) is 28.9. The second-order valence-corrected chi connectivity index (χ2v) is 14.1. The lowest BCUT2D eigenvalue weighted by Crippen LogP contribution is -2.38. The number of unbranched alkanes of at least 4 members (excludes halogenated alkanes) is 2. The summed E-state index contributed by atoms with van der Waals surface area (Å²) < 4.78 is 23.2. The van der Waals surface area contributed by atoms with E-state index in [2.05, 4.69) is 23.7 Å². The monoisotopic (exact) mass is 725 g/mol. The van der Waals surface area contributed by atoms with Crippen molar-refractivity contribution in [2.75, 3.05) is 19.8 Å². The van der Waals surface area contributed by atoms with Crippen molar-refractivity contribution in [1.82, 2.24) is 24.3 Å². The van der Waals surface area contributed by atoms with Gasteiger partial charge in [-0.25, -0.2) is 8.89 Å². The Morgan fingerprint density at radius 3 is 2.37 bits per heavy atom. The number of hydrogen-bond donors (Lipinski definition) is 1. The summed E-state index contributed by atoms with van der Waals surface area (Å²) in [6, 6.07) is 25.1. The Balaban J connectivity index is 1.36. The van der Waals surface area contributed by atoms with E-state index in [1.54, 1.807) is 30.0 Å². The molecule has 10 nitrogen and oxygen atoms in total. The summed E-state index contributed by atoms with van der Waals surface area (Å²) in [6.45, 7) is 7.32. The van der Waals surface area contributed by atoms with E-state index in [0.717, 1.165) is 42.0 Å². The van der Waals surface area contributed by atoms with E-state index in [4.69, 9.17) is 16.3 Å². The maximum atomic E-state index is 14.3. The minimum absolute atomic E-state index is 0.00983. The van der Waals surface area contributed by atoms with Crippen LogP contribution in [0.25, 0.3) is 16.5 Å². The molecule has 12 heteroatoms. The van der Waals surface area contributed by atoms with Gasteiger partial charge in [-0.15, -0.1) is 0 Å². The van der Waals surface area contributed by atoms with Gasteiger partial charge in [-0.3, -0.25) is 19.1 Å². The highest BCUT2D eigenvalue weighted by molar-refractivity contribution is 7.83. The van der Waals surface area contributed by atoms with Gasteiger partial charge in [0.1, 0.15) is 5.75 Å². The fourth-order valence-corrected chi connectivity index (χ4v) is 7.04. The van der Waals surface area contributed by atoms with Crippen molar-refractivity contribution in [2.45, 2.75) is 57.9 Å². The molecule has 1 atom stereocenters. The Bertz CT molecular complexity index is 2120. The predicted molar refractivity (Wildman–Crippen MR) is 199 cm³/mol. The minimum Gasteiger partial charge on any atom is -0.473 e. The van der Waals surface area contributed by atoms with Gasteiger partial charge in [-0.05, 0) is 66.9 Å². The molecule has 6 rings (SSSR count). The lowest BCUT2D eigenvalue weighted by atomic mass is 10.1. The summed E-state index contributed by atoms with van der Waals surface area (Å²) in [5, 5.41) is 6.74. The van der Waals surface area contributed by atoms with Crippen molar-refractivity contribution in [3.05, 3.63) is 118 Å². The van der Waals surface area contributed by atoms with Crippen LogP contribution < -0.4 is 9.46 Å². The first-order valence-corrected chi connectivity index (χ1v) is 18.6. The third-order valence-electron chi connectivity index (χ3n) is 8.93. The van der Waals surface area contributed by atoms with E-state index in [1.165, 1.54) is 21.7 Å². The van der Waals surface area contributed by atoms with Crippen LogP contribution in [0.4, 0.5) is 0 Å². The molecule has 2 heterocycles. The zero-order chi connectivity index (χ0) is 36.1. The van der Waals surface area contributed by atoms with Gasteiger partial charge in [0.25, 0.3) is 17.7 Å². The molecule has 51 heavy (non-hydrogen) atoms. The highest BCUT2D eigenvalue weighted by Crippen LogP contribution is 2.30. The molecule has 0 fully saturated rings. The first-order chi connectivity index (χ1) is 24.7. The molecule has 0 saturated heterocycles. The number of fused-ring (bicyclic) bond motifs is 2. The van der Waals surface area contributed by atoms with Gasteiger partial charge in [0.05, 0.1) is 33.4 Å². The summed E-state index contributed by atoms with van der Waals surface area (Å²) in [5.41, 5.74) is 1.99. The van der Waals surface area contributed by atoms with Gasteiger partial charge in [-0.2, -0.15) is 5.10 Å². The highest BCUT2D eigenvalue weighted by atomic mass is 35.5. The lowest BCUT2D eigenvalue weighted by molar-refractivity contribution is 0.0514. The quantitative estimate of drug-likeness (QED) is 0.143. The summed E-state index contributed by atoms with van der Waals surface area (Å²) in [4.78, 5) is 45.4. The van der Waals surface area contributed by atoms with Gasteiger partial charge in [0.2, 0.25) is 0 Å². The van der Waals surface area contributed by atoms with Crippen LogP contribution in [-0.4, -0.2) is 61.3 Å². The minimum atomic E-state index is -1.87. The number of aromatic nitrogens is 2. The topological polar surface area (TPSA) is 114 Å². The number of amides is 3. The van der Waals surface area contributed by atoms with Gasteiger partial charge in [-0.1, -0.05) is 86.8 Å². The molecular weight excluding hydrogens is 686 g/mol. The molecule has 4 aromatic carbocycles. The van der Waals surface area contributed by atoms with E-state index in [-0.39, 0.29) is 41.0 Å². The molecule has 3 amide bonds. The van der Waals surface area contributed by atoms with Gasteiger partial charge in [0, 0.05) is 24.2 Å². The Morgan fingerprint density at radius 2 is 1.63 bits per heavy atom. The lowest BCUT2D eigenvalue weighted by Gasteiger charge is -2.29. The highest BCUT2D eigenvalue weighted by Gasteiger charge is 2.30. The molecular formula is C39H40ClN5O5S. The molecule has 1 aliphatic heterocycles. The van der Waals surface area contributed by atoms with Gasteiger partial charge in [0.15, 0.2) is 23.4 Å². The molecule has 0 spiro atoms. The number of benzene rings is 4.